The van der Waals surface area contributed by atoms with E-state index in [0.717, 1.165) is 30.4 Å². The number of carbonyl (C=O) groups is 1. The zero-order chi connectivity index (χ0) is 17.5. The molecule has 2 aliphatic rings. The number of hydrogen-bond acceptors (Lipinski definition) is 7. The molecule has 0 radical (unpaired) electrons. The van der Waals surface area contributed by atoms with Crippen molar-refractivity contribution in [2.24, 2.45) is 5.92 Å². The first kappa shape index (κ1) is 15.3. The summed E-state index contributed by atoms with van der Waals surface area (Å²) in [7, 11) is 0. The molecule has 1 saturated carbocycles. The first-order valence-electron chi connectivity index (χ1n) is 8.94. The Kier molecular flexibility index (Phi) is 3.58. The van der Waals surface area contributed by atoms with Crippen LogP contribution in [-0.2, 0) is 0 Å². The van der Waals surface area contributed by atoms with Crippen molar-refractivity contribution in [1.29, 1.82) is 0 Å². The van der Waals surface area contributed by atoms with Gasteiger partial charge in [-0.25, -0.2) is 0 Å². The lowest BCUT2D eigenvalue weighted by molar-refractivity contribution is 0.0907. The van der Waals surface area contributed by atoms with Crippen LogP contribution in [0, 0.1) is 5.92 Å². The van der Waals surface area contributed by atoms with Crippen molar-refractivity contribution in [1.82, 2.24) is 30.3 Å². The molecule has 1 aliphatic heterocycles. The third kappa shape index (κ3) is 2.59. The number of carbonyl (C=O) groups excluding carboxylic acids is 1. The van der Waals surface area contributed by atoms with E-state index in [9.17, 15) is 4.79 Å². The number of amides is 1. The molecule has 134 valence electrons. The Morgan fingerprint density at radius 3 is 2.85 bits per heavy atom. The van der Waals surface area contributed by atoms with Gasteiger partial charge < -0.3 is 14.7 Å². The zero-order valence-corrected chi connectivity index (χ0v) is 14.2. The fraction of sp³-hybridized carbons (Fsp3) is 0.471. The largest absolute Gasteiger partial charge is 0.354 e. The quantitative estimate of drug-likeness (QED) is 0.736. The van der Waals surface area contributed by atoms with Crippen LogP contribution in [0.25, 0.3) is 5.65 Å². The fourth-order valence-corrected chi connectivity index (χ4v) is 3.43. The first-order valence-corrected chi connectivity index (χ1v) is 8.94. The summed E-state index contributed by atoms with van der Waals surface area (Å²) in [5.74, 6) is 2.80. The van der Waals surface area contributed by atoms with Gasteiger partial charge in [0.25, 0.3) is 5.91 Å². The third-order valence-electron chi connectivity index (χ3n) is 5.24. The molecule has 9 heteroatoms. The molecule has 1 amide bonds. The molecule has 2 fully saturated rings. The Bertz CT molecular complexity index is 926. The van der Waals surface area contributed by atoms with Crippen LogP contribution in [-0.4, -0.2) is 50.5 Å². The molecule has 4 heterocycles. The van der Waals surface area contributed by atoms with E-state index in [-0.39, 0.29) is 11.7 Å². The van der Waals surface area contributed by atoms with Crippen molar-refractivity contribution in [2.45, 2.75) is 25.2 Å². The van der Waals surface area contributed by atoms with Gasteiger partial charge in [0.1, 0.15) is 5.82 Å². The van der Waals surface area contributed by atoms with Crippen LogP contribution >= 0.6 is 0 Å². The topological polar surface area (TPSA) is 101 Å². The van der Waals surface area contributed by atoms with Crippen molar-refractivity contribution in [3.63, 3.8) is 0 Å². The first-order chi connectivity index (χ1) is 12.8. The van der Waals surface area contributed by atoms with E-state index in [1.54, 1.807) is 6.07 Å². The summed E-state index contributed by atoms with van der Waals surface area (Å²) in [4.78, 5) is 14.1. The minimum atomic E-state index is -0.227. The van der Waals surface area contributed by atoms with Gasteiger partial charge in [0.2, 0.25) is 5.76 Å². The van der Waals surface area contributed by atoms with Gasteiger partial charge >= 0.3 is 0 Å². The van der Waals surface area contributed by atoms with Crippen molar-refractivity contribution in [2.75, 3.05) is 24.5 Å². The molecule has 0 spiro atoms. The third-order valence-corrected chi connectivity index (χ3v) is 5.24. The van der Waals surface area contributed by atoms with E-state index in [4.69, 9.17) is 9.62 Å². The molecule has 9 nitrogen and oxygen atoms in total. The van der Waals surface area contributed by atoms with Crippen LogP contribution in [0.2, 0.25) is 0 Å². The van der Waals surface area contributed by atoms with E-state index in [0.29, 0.717) is 18.4 Å². The van der Waals surface area contributed by atoms with Gasteiger partial charge in [0, 0.05) is 37.5 Å². The minimum absolute atomic E-state index is 0.227. The molecule has 26 heavy (non-hydrogen) atoms. The molecule has 1 N–H and O–H groups in total. The average Bonchev–Trinajstić information content (AvgIpc) is 3.22. The Labute approximate surface area is 149 Å². The van der Waals surface area contributed by atoms with Crippen LogP contribution in [0.1, 0.15) is 41.6 Å². The van der Waals surface area contributed by atoms with Gasteiger partial charge in [-0.05, 0) is 25.0 Å². The summed E-state index contributed by atoms with van der Waals surface area (Å²) in [5, 5.41) is 19.7. The van der Waals surface area contributed by atoms with Gasteiger partial charge in [-0.1, -0.05) is 11.6 Å². The van der Waals surface area contributed by atoms with E-state index < -0.39 is 0 Å². The highest BCUT2D eigenvalue weighted by Gasteiger charge is 2.30. The van der Waals surface area contributed by atoms with Crippen LogP contribution in [0.4, 0.5) is 5.82 Å². The number of anilines is 1. The van der Waals surface area contributed by atoms with Gasteiger partial charge in [-0.2, -0.15) is 4.52 Å². The molecule has 3 aromatic rings. The van der Waals surface area contributed by atoms with Gasteiger partial charge in [-0.15, -0.1) is 15.3 Å². The number of fused-ring (bicyclic) bond motifs is 1. The van der Waals surface area contributed by atoms with Crippen molar-refractivity contribution >= 4 is 17.4 Å². The molecule has 3 aromatic heterocycles. The zero-order valence-electron chi connectivity index (χ0n) is 14.2. The highest BCUT2D eigenvalue weighted by Crippen LogP contribution is 2.35. The van der Waals surface area contributed by atoms with E-state index >= 15 is 0 Å². The summed E-state index contributed by atoms with van der Waals surface area (Å²) in [6, 6.07) is 5.51. The SMILES string of the molecule is O=C(NCC1CN(c2ccc3nnc(C4CCC4)n3n2)C1)c1ccno1. The van der Waals surface area contributed by atoms with Crippen molar-refractivity contribution in [3.05, 3.63) is 36.0 Å². The summed E-state index contributed by atoms with van der Waals surface area (Å²) in [6.45, 7) is 2.32. The predicted octanol–water partition coefficient (Wildman–Crippen LogP) is 1.25. The lowest BCUT2D eigenvalue weighted by Crippen LogP contribution is -2.52. The maximum atomic E-state index is 11.9. The summed E-state index contributed by atoms with van der Waals surface area (Å²) in [5.41, 5.74) is 0.798. The van der Waals surface area contributed by atoms with E-state index in [1.807, 2.05) is 16.6 Å². The Morgan fingerprint density at radius 2 is 2.12 bits per heavy atom. The molecule has 0 unspecified atom stereocenters. The summed E-state index contributed by atoms with van der Waals surface area (Å²) in [6.07, 6.45) is 5.06. The fourth-order valence-electron chi connectivity index (χ4n) is 3.43. The summed E-state index contributed by atoms with van der Waals surface area (Å²) < 4.78 is 6.74. The van der Waals surface area contributed by atoms with Crippen LogP contribution in [0.3, 0.4) is 0 Å². The molecule has 0 aromatic carbocycles. The van der Waals surface area contributed by atoms with Gasteiger partial charge in [-0.3, -0.25) is 4.79 Å². The smallest absolute Gasteiger partial charge is 0.289 e. The second-order valence-corrected chi connectivity index (χ2v) is 7.01. The maximum absolute atomic E-state index is 11.9. The van der Waals surface area contributed by atoms with Crippen LogP contribution < -0.4 is 10.2 Å². The second kappa shape index (κ2) is 6.08. The molecular weight excluding hydrogens is 334 g/mol. The number of aromatic nitrogens is 5. The number of rotatable bonds is 5. The van der Waals surface area contributed by atoms with Crippen LogP contribution in [0.15, 0.2) is 28.9 Å². The lowest BCUT2D eigenvalue weighted by Gasteiger charge is -2.40. The molecular formula is C17H19N7O2. The number of hydrogen-bond donors (Lipinski definition) is 1. The normalized spacial score (nSPS) is 17.9. The number of nitrogens with zero attached hydrogens (tertiary/aromatic N) is 6. The standard InChI is InChI=1S/C17H19N7O2/c25-17(13-6-7-19-26-13)18-8-11-9-23(10-11)15-5-4-14-20-21-16(24(14)22-15)12-2-1-3-12/h4-7,11-12H,1-3,8-10H2,(H,18,25). The molecule has 5 rings (SSSR count). The van der Waals surface area contributed by atoms with E-state index in [2.05, 4.69) is 25.6 Å². The average molecular weight is 353 g/mol. The number of nitrogens with one attached hydrogen (secondary N) is 1. The van der Waals surface area contributed by atoms with E-state index in [1.165, 1.54) is 25.5 Å². The molecule has 1 aliphatic carbocycles. The highest BCUT2D eigenvalue weighted by atomic mass is 16.5. The Balaban J connectivity index is 1.21. The molecule has 0 atom stereocenters. The maximum Gasteiger partial charge on any atom is 0.289 e. The second-order valence-electron chi connectivity index (χ2n) is 7.01. The molecule has 1 saturated heterocycles. The highest BCUT2D eigenvalue weighted by molar-refractivity contribution is 5.91. The Hall–Kier alpha value is -2.97. The lowest BCUT2D eigenvalue weighted by atomic mass is 9.85. The van der Waals surface area contributed by atoms with Gasteiger partial charge in [0.15, 0.2) is 11.5 Å². The van der Waals surface area contributed by atoms with Crippen molar-refractivity contribution in [3.8, 4) is 0 Å². The Morgan fingerprint density at radius 1 is 1.23 bits per heavy atom. The summed E-state index contributed by atoms with van der Waals surface area (Å²) >= 11 is 0. The predicted molar refractivity (Wildman–Crippen MR) is 91.9 cm³/mol. The van der Waals surface area contributed by atoms with Gasteiger partial charge in [0.05, 0.1) is 6.20 Å². The van der Waals surface area contributed by atoms with Crippen LogP contribution in [0.5, 0.6) is 0 Å². The molecule has 0 bridgehead atoms. The van der Waals surface area contributed by atoms with Crippen molar-refractivity contribution < 1.29 is 9.32 Å². The minimum Gasteiger partial charge on any atom is -0.354 e. The monoisotopic (exact) mass is 353 g/mol.